The number of esters is 1. The molecule has 0 radical (unpaired) electrons. The zero-order chi connectivity index (χ0) is 70.1. The molecule has 0 amide bonds. The van der Waals surface area contributed by atoms with Gasteiger partial charge in [-0.1, -0.05) is 46.3 Å². The van der Waals surface area contributed by atoms with Gasteiger partial charge < -0.3 is 159 Å². The lowest BCUT2D eigenvalue weighted by atomic mass is 9.33. The van der Waals surface area contributed by atoms with Gasteiger partial charge in [-0.15, -0.1) is 0 Å². The Bertz CT molecular complexity index is 2710. The fourth-order valence-electron chi connectivity index (χ4n) is 18.8. The van der Waals surface area contributed by atoms with Gasteiger partial charge in [-0.05, 0) is 97.7 Å². The number of carbonyl (C=O) groups is 1. The number of allylic oxidation sites excluding steroid dienone is 2. The Kier molecular flexibility index (Phi) is 21.8. The van der Waals surface area contributed by atoms with Gasteiger partial charge in [0.25, 0.3) is 0 Å². The van der Waals surface area contributed by atoms with Crippen molar-refractivity contribution < 1.29 is 164 Å². The molecule has 4 saturated carbocycles. The molecule has 6 saturated heterocycles. The van der Waals surface area contributed by atoms with Crippen molar-refractivity contribution in [3.05, 3.63) is 11.6 Å². The van der Waals surface area contributed by atoms with Crippen molar-refractivity contribution in [2.24, 2.45) is 50.2 Å². The second-order valence-electron chi connectivity index (χ2n) is 30.7. The van der Waals surface area contributed by atoms with Crippen LogP contribution in [-0.4, -0.2) is 339 Å². The molecule has 2 unspecified atom stereocenters. The minimum atomic E-state index is -2.09. The smallest absolute Gasteiger partial charge is 0.317 e. The van der Waals surface area contributed by atoms with Crippen LogP contribution in [0.4, 0.5) is 0 Å². The maximum absolute atomic E-state index is 15.5. The van der Waals surface area contributed by atoms with Gasteiger partial charge in [-0.25, -0.2) is 0 Å². The lowest BCUT2D eigenvalue weighted by Crippen LogP contribution is -2.71. The van der Waals surface area contributed by atoms with Gasteiger partial charge in [0.1, 0.15) is 115 Å². The van der Waals surface area contributed by atoms with E-state index < -0.39 is 275 Å². The topological polar surface area (TPSA) is 532 Å². The Morgan fingerprint density at radius 2 is 1.16 bits per heavy atom. The van der Waals surface area contributed by atoms with Gasteiger partial charge in [0.15, 0.2) is 37.6 Å². The molecule has 11 aliphatic rings. The van der Waals surface area contributed by atoms with Crippen LogP contribution < -0.4 is 0 Å². The molecule has 6 aliphatic heterocycles. The van der Waals surface area contributed by atoms with Crippen LogP contribution in [-0.2, 0) is 61.6 Å². The third-order valence-electron chi connectivity index (χ3n) is 24.7. The summed E-state index contributed by atoms with van der Waals surface area (Å²) >= 11 is 0. The number of ether oxygens (including phenoxy) is 12. The number of hydrogen-bond donors (Lipinski definition) is 20. The van der Waals surface area contributed by atoms with Crippen LogP contribution in [0, 0.1) is 50.2 Å². The van der Waals surface area contributed by atoms with Crippen molar-refractivity contribution in [2.75, 3.05) is 52.9 Å². The molecule has 0 aromatic carbocycles. The van der Waals surface area contributed by atoms with Crippen molar-refractivity contribution in [1.82, 2.24) is 0 Å². The third kappa shape index (κ3) is 12.4. The molecule has 0 bridgehead atoms. The number of rotatable bonds is 17. The summed E-state index contributed by atoms with van der Waals surface area (Å²) in [7, 11) is 0. The lowest BCUT2D eigenvalue weighted by Gasteiger charge is -2.72. The minimum absolute atomic E-state index is 0.0176. The summed E-state index contributed by atoms with van der Waals surface area (Å²) in [5.74, 6) is -2.50. The molecular weight excluding hydrogens is 1280 g/mol. The van der Waals surface area contributed by atoms with E-state index in [-0.39, 0.29) is 30.6 Å². The second kappa shape index (κ2) is 27.9. The molecule has 11 rings (SSSR count). The second-order valence-corrected chi connectivity index (χ2v) is 30.7. The molecule has 10 fully saturated rings. The highest BCUT2D eigenvalue weighted by atomic mass is 16.8. The van der Waals surface area contributed by atoms with E-state index in [4.69, 9.17) is 56.8 Å². The maximum atomic E-state index is 15.5. The summed E-state index contributed by atoms with van der Waals surface area (Å²) in [6.45, 7) is 6.34. The zero-order valence-corrected chi connectivity index (χ0v) is 54.5. The number of hydrogen-bond acceptors (Lipinski definition) is 33. The largest absolute Gasteiger partial charge is 0.432 e. The average molecular weight is 1390 g/mol. The van der Waals surface area contributed by atoms with Crippen molar-refractivity contribution in [3.63, 3.8) is 0 Å². The summed E-state index contributed by atoms with van der Waals surface area (Å²) in [6, 6.07) is 0. The van der Waals surface area contributed by atoms with Crippen LogP contribution in [0.25, 0.3) is 0 Å². The normalized spacial score (nSPS) is 54.0. The number of fused-ring (bicyclic) bond motifs is 7. The Morgan fingerprint density at radius 1 is 0.552 bits per heavy atom. The molecule has 6 heterocycles. The van der Waals surface area contributed by atoms with Crippen LogP contribution in [0.5, 0.6) is 0 Å². The predicted octanol–water partition coefficient (Wildman–Crippen LogP) is -7.55. The maximum Gasteiger partial charge on any atom is 0.317 e. The van der Waals surface area contributed by atoms with Crippen molar-refractivity contribution in [1.29, 1.82) is 0 Å². The summed E-state index contributed by atoms with van der Waals surface area (Å²) in [4.78, 5) is 15.5. The number of aliphatic hydroxyl groups excluding tert-OH is 19. The monoisotopic (exact) mass is 1390 g/mol. The molecule has 33 nitrogen and oxygen atoms in total. The fourth-order valence-corrected chi connectivity index (χ4v) is 18.8. The molecule has 0 aromatic heterocycles. The van der Waals surface area contributed by atoms with Gasteiger partial charge in [0, 0.05) is 5.41 Å². The molecule has 96 heavy (non-hydrogen) atoms. The van der Waals surface area contributed by atoms with Gasteiger partial charge in [-0.3, -0.25) is 4.79 Å². The molecule has 552 valence electrons. The highest BCUT2D eigenvalue weighted by Gasteiger charge is 2.74. The first-order chi connectivity index (χ1) is 45.1. The molecule has 20 N–H and O–H groups in total. The number of aliphatic hydroxyl groups is 20. The van der Waals surface area contributed by atoms with E-state index >= 15 is 4.79 Å². The first kappa shape index (κ1) is 75.1. The quantitative estimate of drug-likeness (QED) is 0.0365. The lowest BCUT2D eigenvalue weighted by molar-refractivity contribution is -0.372. The molecular formula is C63H102O33. The van der Waals surface area contributed by atoms with Gasteiger partial charge in [-0.2, -0.15) is 0 Å². The zero-order valence-electron chi connectivity index (χ0n) is 54.5. The summed E-state index contributed by atoms with van der Waals surface area (Å²) in [6.07, 6.45) is -43.1. The molecule has 33 heteroatoms. The summed E-state index contributed by atoms with van der Waals surface area (Å²) in [5.41, 5.74) is -7.34. The van der Waals surface area contributed by atoms with E-state index in [1.165, 1.54) is 6.92 Å². The summed E-state index contributed by atoms with van der Waals surface area (Å²) < 4.78 is 70.1. The highest BCUT2D eigenvalue weighted by Crippen LogP contribution is 2.76. The van der Waals surface area contributed by atoms with Crippen molar-refractivity contribution in [2.45, 2.75) is 271 Å². The Labute approximate surface area is 553 Å². The van der Waals surface area contributed by atoms with Crippen LogP contribution in [0.1, 0.15) is 92.9 Å². The van der Waals surface area contributed by atoms with Crippen LogP contribution >= 0.6 is 0 Å². The fraction of sp³-hybridized carbons (Fsp3) is 0.952. The van der Waals surface area contributed by atoms with E-state index in [9.17, 15) is 102 Å². The van der Waals surface area contributed by atoms with E-state index in [1.807, 2.05) is 6.92 Å². The Hall–Kier alpha value is -2.03. The van der Waals surface area contributed by atoms with Gasteiger partial charge >= 0.3 is 5.97 Å². The van der Waals surface area contributed by atoms with E-state index in [0.717, 1.165) is 5.57 Å². The van der Waals surface area contributed by atoms with Gasteiger partial charge in [0.05, 0.1) is 77.3 Å². The Balaban J connectivity index is 0.793. The van der Waals surface area contributed by atoms with Gasteiger partial charge in [0.2, 0.25) is 6.29 Å². The molecule has 0 aromatic rings. The van der Waals surface area contributed by atoms with Crippen LogP contribution in [0.3, 0.4) is 0 Å². The van der Waals surface area contributed by atoms with E-state index in [2.05, 4.69) is 33.8 Å². The predicted molar refractivity (Wildman–Crippen MR) is 314 cm³/mol. The molecule has 5 aliphatic carbocycles. The van der Waals surface area contributed by atoms with E-state index in [1.54, 1.807) is 0 Å². The first-order valence-electron chi connectivity index (χ1n) is 33.4. The molecule has 36 atom stereocenters. The van der Waals surface area contributed by atoms with Crippen molar-refractivity contribution in [3.8, 4) is 0 Å². The number of carbonyl (C=O) groups excluding carboxylic acids is 1. The minimum Gasteiger partial charge on any atom is -0.432 e. The van der Waals surface area contributed by atoms with Crippen LogP contribution in [0.2, 0.25) is 0 Å². The summed E-state index contributed by atoms with van der Waals surface area (Å²) in [5, 5.41) is 221. The van der Waals surface area contributed by atoms with Crippen molar-refractivity contribution >= 4 is 5.97 Å². The first-order valence-corrected chi connectivity index (χ1v) is 33.4. The standard InChI is InChI=1S/C63H102O33/c1-24-45(92-51-44(81)46(29(70)18-85-51)93-55-48(82)62(84,22-67)23-88-55)40(77)43(80)52(89-24)94-47-35(72)28(69)17-86-54(47)96-56(83)63-12-11-57(2,3)13-26(63)25-7-8-32-58(4)14-27(68)49(61(20-65,21-66)33(58)9-10-59(32,5)60(25,6)15-34(63)71)95-53-42(79)39(76)37(74)31(91-53)19-87-50-41(78)38(75)36(73)30(16-64)90-50/h7,24,26-55,64-82,84H,8-23H2,1-6H3/t24-,26-,27-,28-,29-,30+,31+,32?,33?,34+,35-,36+,37+,38-,39-,40-,41+,42+,43+,44-,45-,46+,47+,48+,49-,50+,51+,52-,53-,54-,55+,58+,59+,60+,62-,63+/m0/s1. The average Bonchev–Trinajstić information content (AvgIpc) is 1.24. The van der Waals surface area contributed by atoms with E-state index in [0.29, 0.717) is 32.1 Å². The highest BCUT2D eigenvalue weighted by molar-refractivity contribution is 5.80. The Morgan fingerprint density at radius 3 is 1.81 bits per heavy atom. The third-order valence-corrected chi connectivity index (χ3v) is 24.7. The molecule has 0 spiro atoms. The van der Waals surface area contributed by atoms with Crippen LogP contribution in [0.15, 0.2) is 11.6 Å². The SMILES string of the molecule is C[C@@H]1O[C@@H](O[C@H]2[C@H](OC(=O)[C@]34CCC(C)(C)C[C@H]3C3=CCC5[C@@]6(C)C[C@H](O)[C@H](O[C@@H]7O[C@H](CO[C@@H]8O[C@H](CO)[C@@H](O)[C@H](O)[C@H]8O)[C@@H](O)[C@H](O)[C@H]7O)C(CO)(CO)C6CC[C@@]5(C)[C@]3(C)C[C@H]4O)OC[C@H](O)[C@@H]2O)[C@H](O)[C@H](O)[C@H]1O[C@H]1OC[C@H](O)[C@@H](O[C@H]2OC[C@@](O)(CO)[C@@H]2O)[C@@H]1O.